The molecule has 2 aliphatic heterocycles. The number of para-hydroxylation sites is 1. The Balaban J connectivity index is 1.43. The fourth-order valence-corrected chi connectivity index (χ4v) is 5.64. The number of aliphatic hydroxyl groups is 1. The number of aliphatic hydroxyl groups excluding tert-OH is 1. The number of aromatic amines is 1. The lowest BCUT2D eigenvalue weighted by atomic mass is 9.87. The average molecular weight is 502 g/mol. The fraction of sp³-hybridized carbons (Fsp3) is 0.500. The zero-order chi connectivity index (χ0) is 25.4. The molecule has 5 nitrogen and oxygen atoms in total. The molecule has 3 heterocycles. The predicted octanol–water partition coefficient (Wildman–Crippen LogP) is 4.99. The van der Waals surface area contributed by atoms with Crippen LogP contribution < -0.4 is 4.74 Å². The van der Waals surface area contributed by atoms with E-state index in [4.69, 9.17) is 4.74 Å². The van der Waals surface area contributed by atoms with Crippen molar-refractivity contribution in [3.05, 3.63) is 65.1 Å². The standard InChI is InChI=1S/C28H34F3N3O2/c1-18-11-23-21-5-3-4-6-25(21)32-26(23)27(34(18)15-28(2,31)16-35)22-8-7-20(12-24(22)30)36-10-9-19-13-33(14-19)17-29/h3-8,12,18-19,27,32,35H,9-11,13-17H2,1-2H3/t18-,27?,28?/m1/s1. The summed E-state index contributed by atoms with van der Waals surface area (Å²) in [6.07, 6.45) is 1.49. The topological polar surface area (TPSA) is 51.7 Å². The van der Waals surface area contributed by atoms with E-state index in [-0.39, 0.29) is 12.6 Å². The van der Waals surface area contributed by atoms with Crippen LogP contribution in [0, 0.1) is 11.7 Å². The molecule has 2 unspecified atom stereocenters. The summed E-state index contributed by atoms with van der Waals surface area (Å²) in [6.45, 7) is 4.25. The Morgan fingerprint density at radius 2 is 1.97 bits per heavy atom. The number of alkyl halides is 2. The molecule has 2 N–H and O–H groups in total. The number of nitrogens with zero attached hydrogens (tertiary/aromatic N) is 2. The fourth-order valence-electron chi connectivity index (χ4n) is 5.64. The second-order valence-electron chi connectivity index (χ2n) is 10.6. The largest absolute Gasteiger partial charge is 0.493 e. The molecule has 2 aliphatic rings. The molecule has 0 spiro atoms. The van der Waals surface area contributed by atoms with Crippen LogP contribution in [0.5, 0.6) is 5.75 Å². The van der Waals surface area contributed by atoms with Gasteiger partial charge in [-0.15, -0.1) is 0 Å². The van der Waals surface area contributed by atoms with Gasteiger partial charge in [-0.3, -0.25) is 9.80 Å². The van der Waals surface area contributed by atoms with Crippen molar-refractivity contribution in [3.63, 3.8) is 0 Å². The smallest absolute Gasteiger partial charge is 0.143 e. The number of hydrogen-bond donors (Lipinski definition) is 2. The molecular weight excluding hydrogens is 467 g/mol. The van der Waals surface area contributed by atoms with Crippen molar-refractivity contribution >= 4 is 10.9 Å². The second-order valence-corrected chi connectivity index (χ2v) is 10.6. The first-order valence-corrected chi connectivity index (χ1v) is 12.6. The van der Waals surface area contributed by atoms with Crippen LogP contribution in [0.3, 0.4) is 0 Å². The van der Waals surface area contributed by atoms with Gasteiger partial charge in [0.15, 0.2) is 0 Å². The third kappa shape index (κ3) is 4.86. The summed E-state index contributed by atoms with van der Waals surface area (Å²) in [4.78, 5) is 7.15. The summed E-state index contributed by atoms with van der Waals surface area (Å²) < 4.78 is 49.1. The minimum atomic E-state index is -1.82. The van der Waals surface area contributed by atoms with Gasteiger partial charge in [-0.1, -0.05) is 24.3 Å². The Labute approximate surface area is 209 Å². The minimum absolute atomic E-state index is 0.0287. The first-order valence-electron chi connectivity index (χ1n) is 12.6. The van der Waals surface area contributed by atoms with E-state index in [9.17, 15) is 9.50 Å². The molecule has 3 aromatic rings. The summed E-state index contributed by atoms with van der Waals surface area (Å²) in [5.41, 5.74) is 1.56. The molecule has 3 atom stereocenters. The molecular formula is C28H34F3N3O2. The Hall–Kier alpha value is -2.55. The zero-order valence-electron chi connectivity index (χ0n) is 20.8. The lowest BCUT2D eigenvalue weighted by Crippen LogP contribution is -2.49. The number of fused-ring (bicyclic) bond motifs is 3. The number of ether oxygens (including phenoxy) is 1. The molecule has 0 radical (unpaired) electrons. The summed E-state index contributed by atoms with van der Waals surface area (Å²) in [6, 6.07) is 12.3. The van der Waals surface area contributed by atoms with Gasteiger partial charge in [-0.2, -0.15) is 0 Å². The highest BCUT2D eigenvalue weighted by Crippen LogP contribution is 2.42. The van der Waals surface area contributed by atoms with Crippen LogP contribution in [-0.4, -0.2) is 71.2 Å². The lowest BCUT2D eigenvalue weighted by molar-refractivity contribution is 0.0169. The minimum Gasteiger partial charge on any atom is -0.493 e. The normalized spacial score (nSPS) is 22.8. The van der Waals surface area contributed by atoms with E-state index in [2.05, 4.69) is 11.1 Å². The van der Waals surface area contributed by atoms with Gasteiger partial charge >= 0.3 is 0 Å². The van der Waals surface area contributed by atoms with E-state index < -0.39 is 30.9 Å². The highest BCUT2D eigenvalue weighted by Gasteiger charge is 2.40. The first-order chi connectivity index (χ1) is 17.3. The molecule has 36 heavy (non-hydrogen) atoms. The number of hydrogen-bond acceptors (Lipinski definition) is 4. The molecule has 0 aliphatic carbocycles. The monoisotopic (exact) mass is 501 g/mol. The van der Waals surface area contributed by atoms with Gasteiger partial charge in [0.2, 0.25) is 0 Å². The number of nitrogens with one attached hydrogen (secondary N) is 1. The van der Waals surface area contributed by atoms with Gasteiger partial charge in [0.1, 0.15) is 24.0 Å². The first kappa shape index (κ1) is 25.1. The average Bonchev–Trinajstić information content (AvgIpc) is 3.19. The third-order valence-corrected chi connectivity index (χ3v) is 7.62. The van der Waals surface area contributed by atoms with Crippen LogP contribution in [0.1, 0.15) is 43.1 Å². The maximum atomic E-state index is 15.6. The molecule has 5 rings (SSSR count). The number of benzene rings is 2. The lowest BCUT2D eigenvalue weighted by Gasteiger charge is -2.43. The van der Waals surface area contributed by atoms with E-state index in [0.29, 0.717) is 30.3 Å². The molecule has 1 aromatic heterocycles. The highest BCUT2D eigenvalue weighted by molar-refractivity contribution is 5.85. The van der Waals surface area contributed by atoms with Crippen molar-refractivity contribution in [1.29, 1.82) is 0 Å². The van der Waals surface area contributed by atoms with Crippen molar-refractivity contribution in [2.75, 3.05) is 39.6 Å². The third-order valence-electron chi connectivity index (χ3n) is 7.62. The van der Waals surface area contributed by atoms with E-state index in [0.717, 1.165) is 41.7 Å². The van der Waals surface area contributed by atoms with Crippen LogP contribution in [0.4, 0.5) is 13.2 Å². The van der Waals surface area contributed by atoms with Crippen molar-refractivity contribution in [2.45, 2.75) is 44.4 Å². The second kappa shape index (κ2) is 10.1. The maximum Gasteiger partial charge on any atom is 0.143 e. The number of rotatable bonds is 9. The Bertz CT molecular complexity index is 1210. The molecule has 194 valence electrons. The van der Waals surface area contributed by atoms with Crippen LogP contribution in [0.15, 0.2) is 42.5 Å². The van der Waals surface area contributed by atoms with Crippen LogP contribution in [-0.2, 0) is 6.42 Å². The molecule has 2 aromatic carbocycles. The van der Waals surface area contributed by atoms with Crippen LogP contribution in [0.25, 0.3) is 10.9 Å². The van der Waals surface area contributed by atoms with Crippen LogP contribution >= 0.6 is 0 Å². The molecule has 0 bridgehead atoms. The Kier molecular flexibility index (Phi) is 7.03. The summed E-state index contributed by atoms with van der Waals surface area (Å²) in [5, 5.41) is 10.7. The van der Waals surface area contributed by atoms with Gasteiger partial charge in [0, 0.05) is 53.9 Å². The molecule has 8 heteroatoms. The van der Waals surface area contributed by atoms with Crippen molar-refractivity contribution in [3.8, 4) is 5.75 Å². The van der Waals surface area contributed by atoms with Gasteiger partial charge in [0.25, 0.3) is 0 Å². The van der Waals surface area contributed by atoms with Gasteiger partial charge < -0.3 is 14.8 Å². The van der Waals surface area contributed by atoms with E-state index in [1.165, 1.54) is 13.0 Å². The van der Waals surface area contributed by atoms with Gasteiger partial charge in [-0.25, -0.2) is 13.2 Å². The Morgan fingerprint density at radius 3 is 2.69 bits per heavy atom. The van der Waals surface area contributed by atoms with E-state index >= 15 is 8.78 Å². The van der Waals surface area contributed by atoms with Gasteiger partial charge in [-0.05, 0) is 50.3 Å². The summed E-state index contributed by atoms with van der Waals surface area (Å²) in [7, 11) is 0. The predicted molar refractivity (Wildman–Crippen MR) is 134 cm³/mol. The Morgan fingerprint density at radius 1 is 1.19 bits per heavy atom. The number of likely N-dealkylation sites (tertiary alicyclic amines) is 1. The van der Waals surface area contributed by atoms with Crippen molar-refractivity contribution < 1.29 is 23.0 Å². The van der Waals surface area contributed by atoms with E-state index in [1.54, 1.807) is 17.0 Å². The molecule has 1 saturated heterocycles. The SMILES string of the molecule is C[C@@H]1Cc2c([nH]c3ccccc23)C(c2ccc(OCCC3CN(CF)C3)cc2F)N1CC(C)(F)CO. The van der Waals surface area contributed by atoms with Crippen LogP contribution in [0.2, 0.25) is 0 Å². The molecule has 0 saturated carbocycles. The number of H-pyrrole nitrogens is 1. The summed E-state index contributed by atoms with van der Waals surface area (Å²) in [5.74, 6) is 0.429. The molecule has 1 fully saturated rings. The number of aromatic nitrogens is 1. The quantitative estimate of drug-likeness (QED) is 0.406. The summed E-state index contributed by atoms with van der Waals surface area (Å²) >= 11 is 0. The number of halogens is 3. The molecule has 0 amide bonds. The highest BCUT2D eigenvalue weighted by atomic mass is 19.1. The van der Waals surface area contributed by atoms with Crippen molar-refractivity contribution in [1.82, 2.24) is 14.8 Å². The van der Waals surface area contributed by atoms with Gasteiger partial charge in [0.05, 0.1) is 19.3 Å². The zero-order valence-corrected chi connectivity index (χ0v) is 20.8. The van der Waals surface area contributed by atoms with E-state index in [1.807, 2.05) is 30.0 Å². The van der Waals surface area contributed by atoms with Crippen molar-refractivity contribution in [2.24, 2.45) is 5.92 Å². The maximum absolute atomic E-state index is 15.6.